The third kappa shape index (κ3) is 4.35. The minimum Gasteiger partial charge on any atom is -0.486 e. The molecule has 0 aliphatic carbocycles. The maximum Gasteiger partial charge on any atom is 0.259 e. The zero-order valence-electron chi connectivity index (χ0n) is 18.5. The number of thioether (sulfide) groups is 1. The lowest BCUT2D eigenvalue weighted by Crippen LogP contribution is -2.14. The second-order valence-electron chi connectivity index (χ2n) is 7.52. The van der Waals surface area contributed by atoms with E-state index in [2.05, 4.69) is 25.8 Å². The lowest BCUT2D eigenvalue weighted by molar-refractivity contribution is 0.102. The maximum absolute atomic E-state index is 13.1. The first-order valence-corrected chi connectivity index (χ1v) is 11.7. The van der Waals surface area contributed by atoms with Crippen LogP contribution < -0.4 is 10.1 Å². The monoisotopic (exact) mass is 471 g/mol. The van der Waals surface area contributed by atoms with Crippen LogP contribution in [-0.2, 0) is 6.61 Å². The van der Waals surface area contributed by atoms with Crippen LogP contribution in [0.25, 0.3) is 11.3 Å². The van der Waals surface area contributed by atoms with Crippen LogP contribution in [0.1, 0.15) is 21.6 Å². The number of carbonyl (C=O) groups is 1. The first-order valence-electron chi connectivity index (χ1n) is 10.5. The van der Waals surface area contributed by atoms with Gasteiger partial charge in [0.2, 0.25) is 5.16 Å². The fraction of sp³-hybridized carbons (Fsp3) is 0.125. The third-order valence-electron chi connectivity index (χ3n) is 5.21. The molecular formula is C24H21N7O2S. The van der Waals surface area contributed by atoms with Crippen LogP contribution in [0, 0.1) is 6.92 Å². The first kappa shape index (κ1) is 21.7. The highest BCUT2D eigenvalue weighted by Gasteiger charge is 2.15. The van der Waals surface area contributed by atoms with Crippen molar-refractivity contribution in [3.05, 3.63) is 89.9 Å². The van der Waals surface area contributed by atoms with Gasteiger partial charge in [0.05, 0.1) is 16.9 Å². The molecule has 0 bridgehead atoms. The number of rotatable bonds is 7. The van der Waals surface area contributed by atoms with Gasteiger partial charge >= 0.3 is 0 Å². The Morgan fingerprint density at radius 1 is 1.12 bits per heavy atom. The summed E-state index contributed by atoms with van der Waals surface area (Å²) in [7, 11) is 0. The molecule has 10 heteroatoms. The molecule has 1 N–H and O–H groups in total. The molecule has 0 atom stereocenters. The Balaban J connectivity index is 1.33. The molecule has 1 amide bonds. The van der Waals surface area contributed by atoms with Crippen molar-refractivity contribution >= 4 is 29.0 Å². The number of fused-ring (bicyclic) bond motifs is 1. The molecule has 0 aliphatic rings. The summed E-state index contributed by atoms with van der Waals surface area (Å²) in [4.78, 5) is 17.7. The van der Waals surface area contributed by atoms with Crippen molar-refractivity contribution in [2.24, 2.45) is 0 Å². The predicted octanol–water partition coefficient (Wildman–Crippen LogP) is 4.17. The molecule has 2 aromatic carbocycles. The molecule has 0 saturated heterocycles. The van der Waals surface area contributed by atoms with Crippen LogP contribution in [0.5, 0.6) is 5.75 Å². The summed E-state index contributed by atoms with van der Waals surface area (Å²) in [6.07, 6.45) is 5.78. The molecule has 0 aliphatic heterocycles. The second-order valence-corrected chi connectivity index (χ2v) is 8.29. The largest absolute Gasteiger partial charge is 0.486 e. The van der Waals surface area contributed by atoms with Gasteiger partial charge in [-0.3, -0.25) is 4.79 Å². The van der Waals surface area contributed by atoms with E-state index in [1.807, 2.05) is 72.4 Å². The number of hydrogen-bond acceptors (Lipinski definition) is 7. The van der Waals surface area contributed by atoms with Gasteiger partial charge in [0.15, 0.2) is 0 Å². The minimum atomic E-state index is -0.277. The van der Waals surface area contributed by atoms with E-state index in [9.17, 15) is 4.79 Å². The van der Waals surface area contributed by atoms with Gasteiger partial charge in [-0.15, -0.1) is 5.10 Å². The summed E-state index contributed by atoms with van der Waals surface area (Å²) >= 11 is 1.44. The second kappa shape index (κ2) is 9.36. The van der Waals surface area contributed by atoms with Crippen LogP contribution in [0.4, 0.5) is 5.69 Å². The minimum absolute atomic E-state index is 0.248. The number of aryl methyl sites for hydroxylation is 1. The van der Waals surface area contributed by atoms with E-state index in [4.69, 9.17) is 4.74 Å². The number of pyridine rings is 1. The quantitative estimate of drug-likeness (QED) is 0.356. The van der Waals surface area contributed by atoms with Crippen molar-refractivity contribution in [2.45, 2.75) is 18.7 Å². The van der Waals surface area contributed by atoms with Crippen LogP contribution in [0.15, 0.2) is 78.2 Å². The SMILES string of the molecule is CSc1nnnn1-c1cccc(NC(=O)c2ccccc2OCc2cn3cccc(C)c3n2)c1. The van der Waals surface area contributed by atoms with Crippen molar-refractivity contribution in [3.63, 3.8) is 0 Å². The zero-order chi connectivity index (χ0) is 23.5. The molecule has 34 heavy (non-hydrogen) atoms. The molecule has 5 rings (SSSR count). The van der Waals surface area contributed by atoms with Gasteiger partial charge in [0.25, 0.3) is 5.91 Å². The number of nitrogens with one attached hydrogen (secondary N) is 1. The number of ether oxygens (including phenoxy) is 1. The fourth-order valence-electron chi connectivity index (χ4n) is 3.59. The molecule has 170 valence electrons. The van der Waals surface area contributed by atoms with Crippen molar-refractivity contribution in [3.8, 4) is 11.4 Å². The molecule has 0 fully saturated rings. The van der Waals surface area contributed by atoms with Gasteiger partial charge in [0, 0.05) is 18.1 Å². The third-order valence-corrected chi connectivity index (χ3v) is 5.83. The Bertz CT molecular complexity index is 1480. The summed E-state index contributed by atoms with van der Waals surface area (Å²) in [6, 6.07) is 18.5. The number of imidazole rings is 1. The first-order chi connectivity index (χ1) is 16.6. The zero-order valence-corrected chi connectivity index (χ0v) is 19.4. The summed E-state index contributed by atoms with van der Waals surface area (Å²) < 4.78 is 9.58. The van der Waals surface area contributed by atoms with E-state index in [0.717, 1.165) is 22.6 Å². The van der Waals surface area contributed by atoms with E-state index < -0.39 is 0 Å². The lowest BCUT2D eigenvalue weighted by Gasteiger charge is -2.12. The highest BCUT2D eigenvalue weighted by molar-refractivity contribution is 7.98. The highest BCUT2D eigenvalue weighted by atomic mass is 32.2. The number of hydrogen-bond donors (Lipinski definition) is 1. The van der Waals surface area contributed by atoms with E-state index in [-0.39, 0.29) is 12.5 Å². The number of nitrogens with zero attached hydrogens (tertiary/aromatic N) is 6. The topological polar surface area (TPSA) is 99.2 Å². The molecule has 0 unspecified atom stereocenters. The van der Waals surface area contributed by atoms with Crippen molar-refractivity contribution < 1.29 is 9.53 Å². The van der Waals surface area contributed by atoms with Crippen molar-refractivity contribution in [1.29, 1.82) is 0 Å². The number of carbonyl (C=O) groups excluding carboxylic acids is 1. The van der Waals surface area contributed by atoms with Gasteiger partial charge in [-0.1, -0.05) is 36.0 Å². The maximum atomic E-state index is 13.1. The predicted molar refractivity (Wildman–Crippen MR) is 130 cm³/mol. The van der Waals surface area contributed by atoms with Gasteiger partial charge < -0.3 is 14.5 Å². The number of amides is 1. The fourth-order valence-corrected chi connectivity index (χ4v) is 4.02. The molecule has 0 spiro atoms. The van der Waals surface area contributed by atoms with E-state index in [1.54, 1.807) is 22.9 Å². The number of tetrazole rings is 1. The lowest BCUT2D eigenvalue weighted by atomic mass is 10.1. The van der Waals surface area contributed by atoms with Crippen LogP contribution in [0.3, 0.4) is 0 Å². The standard InChI is InChI=1S/C24H21N7O2S/c1-16-7-6-12-30-14-18(25-22(16)30)15-33-21-11-4-3-10-20(21)23(32)26-17-8-5-9-19(13-17)31-24(34-2)27-28-29-31/h3-14H,15H2,1-2H3,(H,26,32). The van der Waals surface area contributed by atoms with Gasteiger partial charge in [-0.25, -0.2) is 4.98 Å². The van der Waals surface area contributed by atoms with Gasteiger partial charge in [-0.05, 0) is 65.6 Å². The molecular weight excluding hydrogens is 450 g/mol. The number of para-hydroxylation sites is 1. The number of benzene rings is 2. The average molecular weight is 472 g/mol. The van der Waals surface area contributed by atoms with E-state index >= 15 is 0 Å². The molecule has 0 radical (unpaired) electrons. The molecule has 3 aromatic heterocycles. The van der Waals surface area contributed by atoms with Crippen LogP contribution in [0.2, 0.25) is 0 Å². The Morgan fingerprint density at radius 3 is 2.85 bits per heavy atom. The Hall–Kier alpha value is -4.18. The van der Waals surface area contributed by atoms with Gasteiger partial charge in [0.1, 0.15) is 18.0 Å². The van der Waals surface area contributed by atoms with Crippen molar-refractivity contribution in [1.82, 2.24) is 29.6 Å². The van der Waals surface area contributed by atoms with E-state index in [1.165, 1.54) is 11.8 Å². The summed E-state index contributed by atoms with van der Waals surface area (Å²) in [5, 5.41) is 15.3. The molecule has 0 saturated carbocycles. The Labute approximate surface area is 199 Å². The summed E-state index contributed by atoms with van der Waals surface area (Å²) in [5.41, 5.74) is 4.55. The highest BCUT2D eigenvalue weighted by Crippen LogP contribution is 2.23. The normalized spacial score (nSPS) is 11.0. The molecule has 9 nitrogen and oxygen atoms in total. The number of anilines is 1. The Kier molecular flexibility index (Phi) is 5.96. The average Bonchev–Trinajstić information content (AvgIpc) is 3.51. The van der Waals surface area contributed by atoms with E-state index in [0.29, 0.717) is 22.2 Å². The van der Waals surface area contributed by atoms with Crippen LogP contribution in [-0.4, -0.2) is 41.8 Å². The summed E-state index contributed by atoms with van der Waals surface area (Å²) in [5.74, 6) is 0.204. The Morgan fingerprint density at radius 2 is 2.00 bits per heavy atom. The number of aromatic nitrogens is 6. The molecule has 5 aromatic rings. The smallest absolute Gasteiger partial charge is 0.259 e. The van der Waals surface area contributed by atoms with Crippen molar-refractivity contribution in [2.75, 3.05) is 11.6 Å². The summed E-state index contributed by atoms with van der Waals surface area (Å²) in [6.45, 7) is 2.26. The van der Waals surface area contributed by atoms with Gasteiger partial charge in [-0.2, -0.15) is 4.68 Å². The molecule has 3 heterocycles. The van der Waals surface area contributed by atoms with Crippen LogP contribution >= 0.6 is 11.8 Å².